The molecule has 3 aromatic rings. The third-order valence-electron chi connectivity index (χ3n) is 3.94. The van der Waals surface area contributed by atoms with Crippen molar-refractivity contribution >= 4 is 29.9 Å². The third kappa shape index (κ3) is 3.86. The maximum absolute atomic E-state index is 12.9. The number of hydrogen-bond acceptors (Lipinski definition) is 3. The minimum absolute atomic E-state index is 0.0786. The number of thioether (sulfide) groups is 1. The second-order valence-corrected chi connectivity index (χ2v) is 6.93. The summed E-state index contributed by atoms with van der Waals surface area (Å²) in [4.78, 5) is 18.8. The second-order valence-electron chi connectivity index (χ2n) is 5.66. The van der Waals surface area contributed by atoms with Crippen LogP contribution in [0.3, 0.4) is 0 Å². The summed E-state index contributed by atoms with van der Waals surface area (Å²) in [6, 6.07) is 17.9. The molecule has 0 unspecified atom stereocenters. The van der Waals surface area contributed by atoms with Gasteiger partial charge in [0.25, 0.3) is 5.91 Å². The molecule has 0 radical (unpaired) electrons. The zero-order chi connectivity index (χ0) is 17.8. The Morgan fingerprint density at radius 2 is 1.84 bits per heavy atom. The topological polar surface area (TPSA) is 41.0 Å². The van der Waals surface area contributed by atoms with Crippen molar-refractivity contribution in [3.63, 3.8) is 0 Å². The van der Waals surface area contributed by atoms with E-state index in [2.05, 4.69) is 29.2 Å². The number of H-pyrrole nitrogens is 1. The number of aromatic nitrogens is 2. The van der Waals surface area contributed by atoms with Crippen molar-refractivity contribution in [3.8, 4) is 5.69 Å². The van der Waals surface area contributed by atoms with Crippen molar-refractivity contribution in [2.24, 2.45) is 0 Å². The van der Waals surface area contributed by atoms with Crippen LogP contribution in [0.15, 0.2) is 65.7 Å². The summed E-state index contributed by atoms with van der Waals surface area (Å²) in [5.41, 5.74) is 2.49. The predicted octanol–water partition coefficient (Wildman–Crippen LogP) is 4.53. The monoisotopic (exact) mass is 369 g/mol. The molecule has 0 bridgehead atoms. The Kier molecular flexibility index (Phi) is 5.40. The van der Waals surface area contributed by atoms with Crippen molar-refractivity contribution in [1.29, 1.82) is 0 Å². The molecule has 0 saturated carbocycles. The highest BCUT2D eigenvalue weighted by atomic mass is 32.2. The Balaban J connectivity index is 1.84. The van der Waals surface area contributed by atoms with Crippen LogP contribution in [0.5, 0.6) is 0 Å². The zero-order valence-corrected chi connectivity index (χ0v) is 15.7. The Morgan fingerprint density at radius 3 is 2.48 bits per heavy atom. The molecule has 128 valence electrons. The van der Waals surface area contributed by atoms with E-state index in [9.17, 15) is 4.79 Å². The van der Waals surface area contributed by atoms with Gasteiger partial charge in [-0.05, 0) is 48.3 Å². The normalized spacial score (nSPS) is 10.6. The standard InChI is InChI=1S/C19H19N3OS2/c1-21(13-14-8-10-16(25-2)11-9-14)18(23)17-12-20-19(24)22(17)15-6-4-3-5-7-15/h3-12H,13H2,1-2H3,(H,20,24). The van der Waals surface area contributed by atoms with Crippen LogP contribution in [0.2, 0.25) is 0 Å². The van der Waals surface area contributed by atoms with E-state index in [1.54, 1.807) is 34.5 Å². The second kappa shape index (κ2) is 7.72. The Morgan fingerprint density at radius 1 is 1.16 bits per heavy atom. The first-order valence-electron chi connectivity index (χ1n) is 7.84. The van der Waals surface area contributed by atoms with Gasteiger partial charge in [-0.1, -0.05) is 30.3 Å². The summed E-state index contributed by atoms with van der Waals surface area (Å²) in [7, 11) is 1.80. The maximum Gasteiger partial charge on any atom is 0.272 e. The molecule has 25 heavy (non-hydrogen) atoms. The fourth-order valence-electron chi connectivity index (χ4n) is 2.63. The summed E-state index contributed by atoms with van der Waals surface area (Å²) in [6.07, 6.45) is 3.72. The number of aromatic amines is 1. The van der Waals surface area contributed by atoms with Gasteiger partial charge in [0, 0.05) is 30.4 Å². The summed E-state index contributed by atoms with van der Waals surface area (Å²) >= 11 is 7.05. The molecule has 6 heteroatoms. The van der Waals surface area contributed by atoms with E-state index in [4.69, 9.17) is 12.2 Å². The summed E-state index contributed by atoms with van der Waals surface area (Å²) in [5.74, 6) is -0.0786. The van der Waals surface area contributed by atoms with Crippen LogP contribution in [0.4, 0.5) is 0 Å². The van der Waals surface area contributed by atoms with Gasteiger partial charge in [0.2, 0.25) is 0 Å². The average molecular weight is 370 g/mol. The Hall–Kier alpha value is -2.31. The number of amides is 1. The van der Waals surface area contributed by atoms with Gasteiger partial charge in [-0.3, -0.25) is 9.36 Å². The quantitative estimate of drug-likeness (QED) is 0.531. The molecule has 1 aromatic heterocycles. The zero-order valence-electron chi connectivity index (χ0n) is 14.1. The van der Waals surface area contributed by atoms with Gasteiger partial charge in [0.15, 0.2) is 4.77 Å². The molecular weight excluding hydrogens is 350 g/mol. The lowest BCUT2D eigenvalue weighted by atomic mass is 10.2. The van der Waals surface area contributed by atoms with Crippen LogP contribution >= 0.6 is 24.0 Å². The lowest BCUT2D eigenvalue weighted by Gasteiger charge is -2.18. The van der Waals surface area contributed by atoms with E-state index in [1.165, 1.54) is 4.90 Å². The van der Waals surface area contributed by atoms with Crippen molar-refractivity contribution in [1.82, 2.24) is 14.5 Å². The van der Waals surface area contributed by atoms with E-state index < -0.39 is 0 Å². The highest BCUT2D eigenvalue weighted by Gasteiger charge is 2.18. The number of para-hydroxylation sites is 1. The van der Waals surface area contributed by atoms with Gasteiger partial charge < -0.3 is 9.88 Å². The summed E-state index contributed by atoms with van der Waals surface area (Å²) in [6.45, 7) is 0.542. The molecule has 0 aliphatic rings. The first kappa shape index (κ1) is 17.5. The molecule has 4 nitrogen and oxygen atoms in total. The van der Waals surface area contributed by atoms with Crippen LogP contribution in [0, 0.1) is 4.77 Å². The molecule has 2 aromatic carbocycles. The smallest absolute Gasteiger partial charge is 0.272 e. The van der Waals surface area contributed by atoms with Crippen LogP contribution < -0.4 is 0 Å². The number of nitrogens with one attached hydrogen (secondary N) is 1. The number of hydrogen-bond donors (Lipinski definition) is 1. The largest absolute Gasteiger partial charge is 0.336 e. The third-order valence-corrected chi connectivity index (χ3v) is 4.98. The van der Waals surface area contributed by atoms with Crippen LogP contribution in [0.25, 0.3) is 5.69 Å². The number of nitrogens with zero attached hydrogens (tertiary/aromatic N) is 2. The Bertz CT molecular complexity index is 914. The molecule has 0 atom stereocenters. The molecule has 0 saturated heterocycles. The molecule has 0 spiro atoms. The lowest BCUT2D eigenvalue weighted by Crippen LogP contribution is -2.28. The highest BCUT2D eigenvalue weighted by Crippen LogP contribution is 2.17. The molecule has 1 heterocycles. The van der Waals surface area contributed by atoms with Gasteiger partial charge in [-0.2, -0.15) is 0 Å². The van der Waals surface area contributed by atoms with Crippen LogP contribution in [-0.4, -0.2) is 33.7 Å². The SMILES string of the molecule is CSc1ccc(CN(C)C(=O)c2c[nH]c(=S)n2-c2ccccc2)cc1. The predicted molar refractivity (Wildman–Crippen MR) is 105 cm³/mol. The maximum atomic E-state index is 12.9. The van der Waals surface area contributed by atoms with Crippen molar-refractivity contribution in [3.05, 3.63) is 76.8 Å². The van der Waals surface area contributed by atoms with Gasteiger partial charge >= 0.3 is 0 Å². The van der Waals surface area contributed by atoms with Crippen molar-refractivity contribution in [2.45, 2.75) is 11.4 Å². The number of benzene rings is 2. The van der Waals surface area contributed by atoms with Crippen molar-refractivity contribution < 1.29 is 4.79 Å². The van der Waals surface area contributed by atoms with Crippen LogP contribution in [-0.2, 0) is 6.54 Å². The van der Waals surface area contributed by atoms with E-state index in [0.717, 1.165) is 11.3 Å². The summed E-state index contributed by atoms with van der Waals surface area (Å²) in [5, 5.41) is 0. The van der Waals surface area contributed by atoms with Crippen LogP contribution in [0.1, 0.15) is 16.1 Å². The summed E-state index contributed by atoms with van der Waals surface area (Å²) < 4.78 is 2.28. The minimum Gasteiger partial charge on any atom is -0.336 e. The number of carbonyl (C=O) groups is 1. The van der Waals surface area contributed by atoms with Gasteiger partial charge in [-0.25, -0.2) is 0 Å². The van der Waals surface area contributed by atoms with E-state index in [1.807, 2.05) is 36.6 Å². The van der Waals surface area contributed by atoms with Crippen molar-refractivity contribution in [2.75, 3.05) is 13.3 Å². The molecule has 0 fully saturated rings. The van der Waals surface area contributed by atoms with Gasteiger partial charge in [0.05, 0.1) is 0 Å². The average Bonchev–Trinajstić information content (AvgIpc) is 3.03. The molecule has 0 aliphatic carbocycles. The highest BCUT2D eigenvalue weighted by molar-refractivity contribution is 7.98. The number of imidazole rings is 1. The number of rotatable bonds is 5. The van der Waals surface area contributed by atoms with E-state index >= 15 is 0 Å². The molecule has 0 aliphatic heterocycles. The van der Waals surface area contributed by atoms with E-state index in [-0.39, 0.29) is 5.91 Å². The molecular formula is C19H19N3OS2. The number of carbonyl (C=O) groups excluding carboxylic acids is 1. The molecule has 3 rings (SSSR count). The first-order chi connectivity index (χ1) is 12.1. The fraction of sp³-hybridized carbons (Fsp3) is 0.158. The fourth-order valence-corrected chi connectivity index (χ4v) is 3.30. The van der Waals surface area contributed by atoms with E-state index in [0.29, 0.717) is 17.0 Å². The lowest BCUT2D eigenvalue weighted by molar-refractivity contribution is 0.0777. The Labute approximate surface area is 156 Å². The molecule has 1 N–H and O–H groups in total. The molecule has 1 amide bonds. The van der Waals surface area contributed by atoms with Gasteiger partial charge in [0.1, 0.15) is 5.69 Å². The minimum atomic E-state index is -0.0786. The first-order valence-corrected chi connectivity index (χ1v) is 9.47. The van der Waals surface area contributed by atoms with Gasteiger partial charge in [-0.15, -0.1) is 11.8 Å².